The minimum absolute atomic E-state index is 0.0496. The topological polar surface area (TPSA) is 26.3 Å². The lowest BCUT2D eigenvalue weighted by molar-refractivity contribution is -0.139. The van der Waals surface area contributed by atoms with Gasteiger partial charge < -0.3 is 4.74 Å². The molecule has 0 aliphatic heterocycles. The molecule has 0 radical (unpaired) electrons. The van der Waals surface area contributed by atoms with Crippen molar-refractivity contribution in [2.24, 2.45) is 5.41 Å². The van der Waals surface area contributed by atoms with Gasteiger partial charge in [0.15, 0.2) is 0 Å². The number of hydrogen-bond acceptors (Lipinski definition) is 2. The van der Waals surface area contributed by atoms with Crippen LogP contribution in [0.4, 0.5) is 0 Å². The molecule has 0 spiro atoms. The molecule has 2 heteroatoms. The summed E-state index contributed by atoms with van der Waals surface area (Å²) >= 11 is 0. The Bertz CT molecular complexity index is 727. The third kappa shape index (κ3) is 6.99. The summed E-state index contributed by atoms with van der Waals surface area (Å²) in [4.78, 5) is 11.2. The van der Waals surface area contributed by atoms with Crippen LogP contribution in [0.2, 0.25) is 0 Å². The van der Waals surface area contributed by atoms with Gasteiger partial charge in [-0.05, 0) is 49.8 Å². The lowest BCUT2D eigenvalue weighted by Crippen LogP contribution is -2.16. The normalized spacial score (nSPS) is 21.1. The molecule has 0 N–H and O–H groups in total. The maximum atomic E-state index is 11.2. The second-order valence-corrected chi connectivity index (χ2v) is 6.74. The van der Waals surface area contributed by atoms with Gasteiger partial charge in [-0.15, -0.1) is 0 Å². The molecule has 1 rings (SSSR count). The van der Waals surface area contributed by atoms with E-state index >= 15 is 0 Å². The van der Waals surface area contributed by atoms with Crippen molar-refractivity contribution in [1.29, 1.82) is 0 Å². The van der Waals surface area contributed by atoms with E-state index < -0.39 is 12.8 Å². The molecule has 0 saturated carbocycles. The third-order valence-corrected chi connectivity index (χ3v) is 4.00. The second kappa shape index (κ2) is 9.27. The number of ether oxygens (including phenoxy) is 1. The summed E-state index contributed by atoms with van der Waals surface area (Å²) < 4.78 is 25.5. The van der Waals surface area contributed by atoms with Crippen molar-refractivity contribution in [2.75, 3.05) is 6.61 Å². The van der Waals surface area contributed by atoms with Gasteiger partial charge >= 0.3 is 5.97 Å². The van der Waals surface area contributed by atoms with E-state index in [1.165, 1.54) is 11.1 Å². The highest BCUT2D eigenvalue weighted by Crippen LogP contribution is 2.37. The quantitative estimate of drug-likeness (QED) is 0.451. The van der Waals surface area contributed by atoms with Crippen molar-refractivity contribution in [3.8, 4) is 0 Å². The summed E-state index contributed by atoms with van der Waals surface area (Å²) in [6.45, 7) is 7.80. The van der Waals surface area contributed by atoms with Gasteiger partial charge in [-0.2, -0.15) is 0 Å². The number of rotatable bonds is 6. The maximum absolute atomic E-state index is 11.2. The molecule has 0 atom stereocenters. The highest BCUT2D eigenvalue weighted by molar-refractivity contribution is 5.66. The summed E-state index contributed by atoms with van der Waals surface area (Å²) in [6.07, 6.45) is 17.2. The monoisotopic (exact) mass is 329 g/mol. The fourth-order valence-electron chi connectivity index (χ4n) is 2.56. The minimum atomic E-state index is -2.71. The Hall–Kier alpha value is -2.09. The number of carbonyl (C=O) groups is 1. The first-order chi connectivity index (χ1) is 12.4. The maximum Gasteiger partial charge on any atom is 0.302 e. The lowest BCUT2D eigenvalue weighted by Gasteiger charge is -2.29. The molecular weight excluding hydrogens is 296 g/mol. The second-order valence-electron chi connectivity index (χ2n) is 6.74. The van der Waals surface area contributed by atoms with Gasteiger partial charge in [-0.1, -0.05) is 67.5 Å². The Morgan fingerprint density at radius 3 is 2.75 bits per heavy atom. The van der Waals surface area contributed by atoms with Gasteiger partial charge in [-0.25, -0.2) is 0 Å². The van der Waals surface area contributed by atoms with E-state index in [0.29, 0.717) is 0 Å². The third-order valence-electron chi connectivity index (χ3n) is 4.00. The van der Waals surface area contributed by atoms with Gasteiger partial charge in [-0.3, -0.25) is 4.79 Å². The van der Waals surface area contributed by atoms with E-state index in [2.05, 4.69) is 45.1 Å². The molecule has 1 aliphatic rings. The Morgan fingerprint density at radius 1 is 1.33 bits per heavy atom. The van der Waals surface area contributed by atoms with Gasteiger partial charge in [0, 0.05) is 11.0 Å². The molecule has 0 saturated heterocycles. The Labute approximate surface area is 151 Å². The van der Waals surface area contributed by atoms with Crippen LogP contribution in [0, 0.1) is 5.41 Å². The van der Waals surface area contributed by atoms with Gasteiger partial charge in [0.1, 0.15) is 6.61 Å². The zero-order valence-corrected chi connectivity index (χ0v) is 15.3. The van der Waals surface area contributed by atoms with E-state index in [-0.39, 0.29) is 12.0 Å². The number of carbonyl (C=O) groups excluding carboxylic acids is 1. The fourth-order valence-corrected chi connectivity index (χ4v) is 2.56. The zero-order chi connectivity index (χ0) is 20.7. The van der Waals surface area contributed by atoms with E-state index in [1.54, 1.807) is 6.08 Å². The van der Waals surface area contributed by atoms with Crippen LogP contribution in [-0.2, 0) is 9.53 Å². The van der Waals surface area contributed by atoms with Crippen LogP contribution in [-0.4, -0.2) is 12.6 Å². The molecule has 0 aromatic heterocycles. The highest BCUT2D eigenvalue weighted by atomic mass is 16.5. The first kappa shape index (κ1) is 15.4. The Kier molecular flexibility index (Phi) is 5.96. The first-order valence-corrected chi connectivity index (χ1v) is 8.18. The van der Waals surface area contributed by atoms with Gasteiger partial charge in [0.05, 0.1) is 0 Å². The first-order valence-electron chi connectivity index (χ1n) is 9.68. The molecule has 24 heavy (non-hydrogen) atoms. The molecule has 0 heterocycles. The van der Waals surface area contributed by atoms with E-state index in [9.17, 15) is 4.79 Å². The predicted octanol–water partition coefficient (Wildman–Crippen LogP) is 5.86. The van der Waals surface area contributed by atoms with Crippen molar-refractivity contribution in [3.05, 3.63) is 70.9 Å². The number of esters is 1. The van der Waals surface area contributed by atoms with E-state index in [1.807, 2.05) is 32.1 Å². The fraction of sp³-hybridized carbons (Fsp3) is 0.409. The molecule has 0 amide bonds. The molecular formula is C22H30O2. The molecule has 0 aromatic carbocycles. The predicted molar refractivity (Wildman–Crippen MR) is 103 cm³/mol. The van der Waals surface area contributed by atoms with Crippen LogP contribution in [0.15, 0.2) is 70.9 Å². The van der Waals surface area contributed by atoms with Crippen molar-refractivity contribution < 1.29 is 13.6 Å². The number of hydrogen-bond donors (Lipinski definition) is 0. The van der Waals surface area contributed by atoms with Gasteiger partial charge in [0.25, 0.3) is 0 Å². The zero-order valence-electron chi connectivity index (χ0n) is 18.3. The molecule has 0 bridgehead atoms. The van der Waals surface area contributed by atoms with Crippen molar-refractivity contribution in [3.63, 3.8) is 0 Å². The number of allylic oxidation sites excluding steroid dienone is 11. The average molecular weight is 329 g/mol. The SMILES string of the molecule is [2H]C([2H])([2H])C(=O)OC/C=C(C)/C=C/C=C(C)/C=C/C1=C(C)C=CCC1(C)C. The largest absolute Gasteiger partial charge is 0.462 e. The van der Waals surface area contributed by atoms with E-state index in [0.717, 1.165) is 17.6 Å². The Morgan fingerprint density at radius 2 is 2.08 bits per heavy atom. The summed E-state index contributed by atoms with van der Waals surface area (Å²) in [5.74, 6) is -1.18. The van der Waals surface area contributed by atoms with Crippen LogP contribution in [0.25, 0.3) is 0 Å². The average Bonchev–Trinajstić information content (AvgIpc) is 2.52. The van der Waals surface area contributed by atoms with Crippen LogP contribution in [0.5, 0.6) is 0 Å². The molecule has 0 fully saturated rings. The van der Waals surface area contributed by atoms with Crippen LogP contribution >= 0.6 is 0 Å². The molecule has 0 unspecified atom stereocenters. The lowest BCUT2D eigenvalue weighted by atomic mass is 9.75. The van der Waals surface area contributed by atoms with Gasteiger partial charge in [0.2, 0.25) is 0 Å². The minimum Gasteiger partial charge on any atom is -0.462 e. The standard InChI is InChI=1S/C22H30O2/c1-17(9-7-10-18(2)14-16-24-20(4)23)12-13-21-19(3)11-8-15-22(21,5)6/h7-14H,15-16H2,1-6H3/b10-7+,13-12+,17-9+,18-14+/i4D3. The molecule has 0 aromatic rings. The summed E-state index contributed by atoms with van der Waals surface area (Å²) in [5, 5.41) is 0. The summed E-state index contributed by atoms with van der Waals surface area (Å²) in [6, 6.07) is 0. The van der Waals surface area contributed by atoms with Crippen LogP contribution in [0.1, 0.15) is 52.0 Å². The van der Waals surface area contributed by atoms with Crippen molar-refractivity contribution >= 4 is 5.97 Å². The highest BCUT2D eigenvalue weighted by Gasteiger charge is 2.23. The van der Waals surface area contributed by atoms with Crippen molar-refractivity contribution in [1.82, 2.24) is 0 Å². The summed E-state index contributed by atoms with van der Waals surface area (Å²) in [7, 11) is 0. The summed E-state index contributed by atoms with van der Waals surface area (Å²) in [5.41, 5.74) is 4.82. The molecule has 2 nitrogen and oxygen atoms in total. The smallest absolute Gasteiger partial charge is 0.302 e. The van der Waals surface area contributed by atoms with Crippen molar-refractivity contribution in [2.45, 2.75) is 47.9 Å². The Balaban J connectivity index is 2.64. The molecule has 1 aliphatic carbocycles. The molecule has 130 valence electrons. The van der Waals surface area contributed by atoms with Crippen LogP contribution < -0.4 is 0 Å². The van der Waals surface area contributed by atoms with Crippen LogP contribution in [0.3, 0.4) is 0 Å². The van der Waals surface area contributed by atoms with E-state index in [4.69, 9.17) is 8.85 Å².